The van der Waals surface area contributed by atoms with Gasteiger partial charge in [0.15, 0.2) is 5.78 Å². The van der Waals surface area contributed by atoms with Gasteiger partial charge < -0.3 is 4.74 Å². The van der Waals surface area contributed by atoms with Crippen LogP contribution in [0.2, 0.25) is 5.02 Å². The summed E-state index contributed by atoms with van der Waals surface area (Å²) in [6.45, 7) is 0.649. The van der Waals surface area contributed by atoms with Crippen LogP contribution in [-0.4, -0.2) is 12.4 Å². The molecule has 20 heavy (non-hydrogen) atoms. The van der Waals surface area contributed by atoms with Gasteiger partial charge in [0.2, 0.25) is 0 Å². The number of fused-ring (bicyclic) bond motifs is 1. The van der Waals surface area contributed by atoms with Crippen LogP contribution < -0.4 is 4.74 Å². The van der Waals surface area contributed by atoms with E-state index in [0.717, 1.165) is 17.7 Å². The van der Waals surface area contributed by atoms with Crippen molar-refractivity contribution in [3.05, 3.63) is 63.9 Å². The second-order valence-electron chi connectivity index (χ2n) is 4.76. The lowest BCUT2D eigenvalue weighted by Gasteiger charge is -2.05. The Kier molecular flexibility index (Phi) is 3.45. The molecule has 0 saturated carbocycles. The van der Waals surface area contributed by atoms with Gasteiger partial charge in [-0.3, -0.25) is 4.79 Å². The number of hydrogen-bond acceptors (Lipinski definition) is 2. The summed E-state index contributed by atoms with van der Waals surface area (Å²) >= 11 is 5.83. The minimum atomic E-state index is -0.410. The predicted molar refractivity (Wildman–Crippen MR) is 75.1 cm³/mol. The molecule has 0 aliphatic carbocycles. The molecule has 0 saturated heterocycles. The van der Waals surface area contributed by atoms with Crippen LogP contribution in [0.15, 0.2) is 36.4 Å². The van der Waals surface area contributed by atoms with Crippen LogP contribution >= 0.6 is 11.6 Å². The summed E-state index contributed by atoms with van der Waals surface area (Å²) in [4.78, 5) is 12.2. The third-order valence-electron chi connectivity index (χ3n) is 3.37. The van der Waals surface area contributed by atoms with Crippen LogP contribution in [0.1, 0.15) is 21.5 Å². The number of halogens is 2. The minimum absolute atomic E-state index is 0.00599. The lowest BCUT2D eigenvalue weighted by atomic mass is 10.00. The molecule has 1 aliphatic rings. The highest BCUT2D eigenvalue weighted by molar-refractivity contribution is 6.30. The van der Waals surface area contributed by atoms with E-state index in [1.807, 2.05) is 6.07 Å². The third-order valence-corrected chi connectivity index (χ3v) is 3.61. The molecular weight excluding hydrogens is 279 g/mol. The van der Waals surface area contributed by atoms with E-state index in [4.69, 9.17) is 16.3 Å². The Morgan fingerprint density at radius 2 is 2.10 bits per heavy atom. The largest absolute Gasteiger partial charge is 0.493 e. The molecular formula is C16H12ClFO2. The van der Waals surface area contributed by atoms with Gasteiger partial charge in [-0.15, -0.1) is 0 Å². The summed E-state index contributed by atoms with van der Waals surface area (Å²) in [5.74, 6) is 0.295. The maximum Gasteiger partial charge on any atom is 0.167 e. The van der Waals surface area contributed by atoms with Crippen molar-refractivity contribution in [3.63, 3.8) is 0 Å². The molecule has 2 nitrogen and oxygen atoms in total. The van der Waals surface area contributed by atoms with E-state index in [1.54, 1.807) is 12.1 Å². The minimum Gasteiger partial charge on any atom is -0.493 e. The van der Waals surface area contributed by atoms with E-state index in [-0.39, 0.29) is 12.2 Å². The molecule has 1 heterocycles. The molecule has 2 aromatic carbocycles. The zero-order valence-corrected chi connectivity index (χ0v) is 11.4. The van der Waals surface area contributed by atoms with Crippen molar-refractivity contribution < 1.29 is 13.9 Å². The molecule has 0 amide bonds. The number of carbonyl (C=O) groups excluding carboxylic acids is 1. The molecule has 2 aromatic rings. The van der Waals surface area contributed by atoms with Crippen LogP contribution in [0.25, 0.3) is 0 Å². The van der Waals surface area contributed by atoms with Gasteiger partial charge in [0.1, 0.15) is 11.6 Å². The first-order valence-electron chi connectivity index (χ1n) is 6.36. The Morgan fingerprint density at radius 3 is 2.95 bits per heavy atom. The van der Waals surface area contributed by atoms with Crippen molar-refractivity contribution in [2.24, 2.45) is 0 Å². The first kappa shape index (κ1) is 13.1. The summed E-state index contributed by atoms with van der Waals surface area (Å²) in [6, 6.07) is 9.58. The average Bonchev–Trinajstić information content (AvgIpc) is 2.90. The number of rotatable bonds is 3. The fraction of sp³-hybridized carbons (Fsp3) is 0.188. The van der Waals surface area contributed by atoms with Crippen LogP contribution in [-0.2, 0) is 12.8 Å². The molecule has 0 N–H and O–H groups in total. The van der Waals surface area contributed by atoms with Crippen molar-refractivity contribution in [3.8, 4) is 5.75 Å². The fourth-order valence-corrected chi connectivity index (χ4v) is 2.51. The van der Waals surface area contributed by atoms with Crippen LogP contribution in [0, 0.1) is 5.82 Å². The van der Waals surface area contributed by atoms with E-state index in [0.29, 0.717) is 22.8 Å². The first-order chi connectivity index (χ1) is 9.63. The summed E-state index contributed by atoms with van der Waals surface area (Å²) in [7, 11) is 0. The quantitative estimate of drug-likeness (QED) is 0.803. The summed E-state index contributed by atoms with van der Waals surface area (Å²) < 4.78 is 19.0. The van der Waals surface area contributed by atoms with Crippen molar-refractivity contribution >= 4 is 17.4 Å². The van der Waals surface area contributed by atoms with Crippen LogP contribution in [0.4, 0.5) is 4.39 Å². The van der Waals surface area contributed by atoms with E-state index in [9.17, 15) is 9.18 Å². The Balaban J connectivity index is 1.84. The molecule has 0 unspecified atom stereocenters. The van der Waals surface area contributed by atoms with E-state index >= 15 is 0 Å². The van der Waals surface area contributed by atoms with Crippen LogP contribution in [0.3, 0.4) is 0 Å². The molecule has 0 radical (unpaired) electrons. The number of ketones is 1. The monoisotopic (exact) mass is 290 g/mol. The van der Waals surface area contributed by atoms with Gasteiger partial charge in [-0.05, 0) is 47.5 Å². The Bertz CT molecular complexity index is 682. The second-order valence-corrected chi connectivity index (χ2v) is 5.19. The summed E-state index contributed by atoms with van der Waals surface area (Å²) in [5.41, 5.74) is 1.93. The molecule has 0 bridgehead atoms. The number of benzene rings is 2. The number of carbonyl (C=O) groups is 1. The molecule has 0 fully saturated rings. The molecule has 102 valence electrons. The van der Waals surface area contributed by atoms with E-state index in [1.165, 1.54) is 18.2 Å². The molecule has 0 atom stereocenters. The van der Waals surface area contributed by atoms with Crippen molar-refractivity contribution in [1.82, 2.24) is 0 Å². The molecule has 3 rings (SSSR count). The van der Waals surface area contributed by atoms with Crippen molar-refractivity contribution in [1.29, 1.82) is 0 Å². The van der Waals surface area contributed by atoms with Gasteiger partial charge in [-0.1, -0.05) is 11.6 Å². The fourth-order valence-electron chi connectivity index (χ4n) is 2.31. The number of ether oxygens (including phenoxy) is 1. The standard InChI is InChI=1S/C16H12ClFO2/c17-13-2-3-14(18)12(8-13)9-15(19)10-1-4-16-11(7-10)5-6-20-16/h1-4,7-8H,5-6,9H2. The van der Waals surface area contributed by atoms with E-state index < -0.39 is 5.82 Å². The van der Waals surface area contributed by atoms with Gasteiger partial charge in [-0.2, -0.15) is 0 Å². The Labute approximate surface area is 121 Å². The molecule has 4 heteroatoms. The predicted octanol–water partition coefficient (Wildman–Crippen LogP) is 3.84. The SMILES string of the molecule is O=C(Cc1cc(Cl)ccc1F)c1ccc2c(c1)CCO2. The number of Topliss-reactive ketones (excluding diaryl/α,β-unsaturated/α-hetero) is 1. The zero-order chi connectivity index (χ0) is 14.1. The maximum atomic E-state index is 13.6. The maximum absolute atomic E-state index is 13.6. The van der Waals surface area contributed by atoms with Gasteiger partial charge >= 0.3 is 0 Å². The highest BCUT2D eigenvalue weighted by Gasteiger charge is 2.16. The van der Waals surface area contributed by atoms with Gasteiger partial charge in [0.25, 0.3) is 0 Å². The normalized spacial score (nSPS) is 12.9. The molecule has 0 spiro atoms. The van der Waals surface area contributed by atoms with Gasteiger partial charge in [-0.25, -0.2) is 4.39 Å². The van der Waals surface area contributed by atoms with Gasteiger partial charge in [0, 0.05) is 23.4 Å². The topological polar surface area (TPSA) is 26.3 Å². The second kappa shape index (κ2) is 5.25. The lowest BCUT2D eigenvalue weighted by Crippen LogP contribution is -2.05. The smallest absolute Gasteiger partial charge is 0.167 e. The molecule has 0 aromatic heterocycles. The van der Waals surface area contributed by atoms with Crippen molar-refractivity contribution in [2.45, 2.75) is 12.8 Å². The van der Waals surface area contributed by atoms with Gasteiger partial charge in [0.05, 0.1) is 6.61 Å². The van der Waals surface area contributed by atoms with Crippen LogP contribution in [0.5, 0.6) is 5.75 Å². The lowest BCUT2D eigenvalue weighted by molar-refractivity contribution is 0.0992. The third kappa shape index (κ3) is 2.54. The highest BCUT2D eigenvalue weighted by Crippen LogP contribution is 2.26. The average molecular weight is 291 g/mol. The Morgan fingerprint density at radius 1 is 1.25 bits per heavy atom. The first-order valence-corrected chi connectivity index (χ1v) is 6.74. The van der Waals surface area contributed by atoms with E-state index in [2.05, 4.69) is 0 Å². The zero-order valence-electron chi connectivity index (χ0n) is 10.7. The number of hydrogen-bond donors (Lipinski definition) is 0. The summed E-state index contributed by atoms with van der Waals surface area (Å²) in [5, 5.41) is 0.427. The Hall–Kier alpha value is -1.87. The highest BCUT2D eigenvalue weighted by atomic mass is 35.5. The summed E-state index contributed by atoms with van der Waals surface area (Å²) in [6.07, 6.45) is 0.814. The van der Waals surface area contributed by atoms with Crippen molar-refractivity contribution in [2.75, 3.05) is 6.61 Å². The molecule has 1 aliphatic heterocycles.